The monoisotopic (exact) mass is 267 g/mol. The molecule has 18 heavy (non-hydrogen) atoms. The highest BCUT2D eigenvalue weighted by atomic mass is 35.5. The molecule has 100 valence electrons. The van der Waals surface area contributed by atoms with Gasteiger partial charge in [-0.3, -0.25) is 0 Å². The molecule has 1 aromatic rings. The number of halogens is 1. The predicted octanol–water partition coefficient (Wildman–Crippen LogP) is 3.73. The topological polar surface area (TPSA) is 21.3 Å². The van der Waals surface area contributed by atoms with Crippen LogP contribution in [0.2, 0.25) is 5.02 Å². The molecule has 2 nitrogen and oxygen atoms in total. The smallest absolute Gasteiger partial charge is 0.0468 e. The first-order chi connectivity index (χ1) is 8.70. The molecular formula is C15H22ClNO. The van der Waals surface area contributed by atoms with Crippen LogP contribution < -0.4 is 5.32 Å². The largest absolute Gasteiger partial charge is 0.381 e. The van der Waals surface area contributed by atoms with Crippen LogP contribution in [0.25, 0.3) is 0 Å². The van der Waals surface area contributed by atoms with Gasteiger partial charge in [0.2, 0.25) is 0 Å². The summed E-state index contributed by atoms with van der Waals surface area (Å²) in [5.74, 6) is 0.770. The molecule has 0 aliphatic carbocycles. The van der Waals surface area contributed by atoms with Crippen LogP contribution in [-0.2, 0) is 4.74 Å². The molecule has 1 aliphatic heterocycles. The quantitative estimate of drug-likeness (QED) is 0.898. The summed E-state index contributed by atoms with van der Waals surface area (Å²) >= 11 is 6.02. The fourth-order valence-electron chi connectivity index (χ4n) is 2.75. The van der Waals surface area contributed by atoms with Crippen LogP contribution >= 0.6 is 11.6 Å². The minimum absolute atomic E-state index is 0.422. The van der Waals surface area contributed by atoms with E-state index in [0.29, 0.717) is 6.04 Å². The third-order valence-corrected chi connectivity index (χ3v) is 4.10. The van der Waals surface area contributed by atoms with Crippen molar-refractivity contribution < 1.29 is 4.74 Å². The predicted molar refractivity (Wildman–Crippen MR) is 76.1 cm³/mol. The Bertz CT molecular complexity index is 388. The lowest BCUT2D eigenvalue weighted by Crippen LogP contribution is -2.24. The third-order valence-electron chi connectivity index (χ3n) is 3.87. The Balaban J connectivity index is 2.07. The van der Waals surface area contributed by atoms with Crippen molar-refractivity contribution in [2.75, 3.05) is 20.3 Å². The molecule has 3 heteroatoms. The number of rotatable bonds is 4. The maximum absolute atomic E-state index is 6.02. The maximum Gasteiger partial charge on any atom is 0.0468 e. The van der Waals surface area contributed by atoms with E-state index in [9.17, 15) is 0 Å². The van der Waals surface area contributed by atoms with Crippen LogP contribution in [-0.4, -0.2) is 20.3 Å². The van der Waals surface area contributed by atoms with Gasteiger partial charge in [-0.1, -0.05) is 17.7 Å². The van der Waals surface area contributed by atoms with Crippen molar-refractivity contribution >= 4 is 11.6 Å². The van der Waals surface area contributed by atoms with Gasteiger partial charge in [0.15, 0.2) is 0 Å². The summed E-state index contributed by atoms with van der Waals surface area (Å²) in [6.07, 6.45) is 3.55. The minimum atomic E-state index is 0.422. The third kappa shape index (κ3) is 3.47. The van der Waals surface area contributed by atoms with Crippen molar-refractivity contribution in [1.82, 2.24) is 5.32 Å². The van der Waals surface area contributed by atoms with Gasteiger partial charge in [-0.15, -0.1) is 0 Å². The Kier molecular flexibility index (Phi) is 5.04. The van der Waals surface area contributed by atoms with Gasteiger partial charge in [0, 0.05) is 24.3 Å². The van der Waals surface area contributed by atoms with Gasteiger partial charge in [-0.05, 0) is 62.4 Å². The second kappa shape index (κ2) is 6.55. The molecule has 1 fully saturated rings. The summed E-state index contributed by atoms with van der Waals surface area (Å²) in [5.41, 5.74) is 2.64. The lowest BCUT2D eigenvalue weighted by molar-refractivity contribution is 0.0608. The molecule has 0 radical (unpaired) electrons. The minimum Gasteiger partial charge on any atom is -0.381 e. The van der Waals surface area contributed by atoms with E-state index in [-0.39, 0.29) is 0 Å². The molecule has 0 saturated carbocycles. The molecule has 1 heterocycles. The highest BCUT2D eigenvalue weighted by Crippen LogP contribution is 2.30. The zero-order valence-electron chi connectivity index (χ0n) is 11.2. The zero-order chi connectivity index (χ0) is 13.0. The van der Waals surface area contributed by atoms with Gasteiger partial charge in [0.1, 0.15) is 0 Å². The van der Waals surface area contributed by atoms with E-state index in [1.54, 1.807) is 0 Å². The molecule has 0 amide bonds. The standard InChI is InChI=1S/C15H22ClNO/c1-11-9-13(16)3-4-14(11)15(17-2)10-12-5-7-18-8-6-12/h3-4,9,12,15,17H,5-8,10H2,1-2H3. The van der Waals surface area contributed by atoms with E-state index in [0.717, 1.165) is 24.2 Å². The summed E-state index contributed by atoms with van der Waals surface area (Å²) in [6.45, 7) is 3.97. The van der Waals surface area contributed by atoms with Gasteiger partial charge < -0.3 is 10.1 Å². The average molecular weight is 268 g/mol. The van der Waals surface area contributed by atoms with Gasteiger partial charge in [0.25, 0.3) is 0 Å². The molecule has 1 atom stereocenters. The summed E-state index contributed by atoms with van der Waals surface area (Å²) in [4.78, 5) is 0. The summed E-state index contributed by atoms with van der Waals surface area (Å²) in [6, 6.07) is 6.60. The van der Waals surface area contributed by atoms with E-state index >= 15 is 0 Å². The van der Waals surface area contributed by atoms with Crippen LogP contribution in [0.4, 0.5) is 0 Å². The Morgan fingerprint density at radius 1 is 1.39 bits per heavy atom. The summed E-state index contributed by atoms with van der Waals surface area (Å²) in [7, 11) is 2.04. The molecular weight excluding hydrogens is 246 g/mol. The summed E-state index contributed by atoms with van der Waals surface area (Å²) < 4.78 is 5.42. The fraction of sp³-hybridized carbons (Fsp3) is 0.600. The van der Waals surface area contributed by atoms with Crippen molar-refractivity contribution in [3.05, 3.63) is 34.3 Å². The Morgan fingerprint density at radius 3 is 2.72 bits per heavy atom. The molecule has 0 aromatic heterocycles. The maximum atomic E-state index is 6.02. The first-order valence-electron chi connectivity index (χ1n) is 6.71. The van der Waals surface area contributed by atoms with Gasteiger partial charge in [-0.25, -0.2) is 0 Å². The zero-order valence-corrected chi connectivity index (χ0v) is 12.0. The first-order valence-corrected chi connectivity index (χ1v) is 7.09. The van der Waals surface area contributed by atoms with Crippen LogP contribution in [0, 0.1) is 12.8 Å². The number of benzene rings is 1. The number of ether oxygens (including phenoxy) is 1. The lowest BCUT2D eigenvalue weighted by Gasteiger charge is -2.27. The second-order valence-corrected chi connectivity index (χ2v) is 5.57. The first kappa shape index (κ1) is 13.9. The Labute approximate surface area is 115 Å². The molecule has 2 rings (SSSR count). The van der Waals surface area contributed by atoms with E-state index in [4.69, 9.17) is 16.3 Å². The average Bonchev–Trinajstić information content (AvgIpc) is 2.38. The van der Waals surface area contributed by atoms with Crippen LogP contribution in [0.1, 0.15) is 36.4 Å². The van der Waals surface area contributed by atoms with Crippen molar-refractivity contribution in [2.45, 2.75) is 32.2 Å². The van der Waals surface area contributed by atoms with Crippen molar-refractivity contribution in [2.24, 2.45) is 5.92 Å². The number of aryl methyl sites for hydroxylation is 1. The fourth-order valence-corrected chi connectivity index (χ4v) is 2.97. The van der Waals surface area contributed by atoms with Gasteiger partial charge >= 0.3 is 0 Å². The Hall–Kier alpha value is -0.570. The Morgan fingerprint density at radius 2 is 2.11 bits per heavy atom. The SMILES string of the molecule is CNC(CC1CCOCC1)c1ccc(Cl)cc1C. The molecule has 1 aromatic carbocycles. The number of hydrogen-bond acceptors (Lipinski definition) is 2. The van der Waals surface area contributed by atoms with Crippen LogP contribution in [0.5, 0.6) is 0 Å². The normalized spacial score (nSPS) is 18.8. The molecule has 1 N–H and O–H groups in total. The van der Waals surface area contributed by atoms with Gasteiger partial charge in [0.05, 0.1) is 0 Å². The molecule has 0 bridgehead atoms. The highest BCUT2D eigenvalue weighted by molar-refractivity contribution is 6.30. The highest BCUT2D eigenvalue weighted by Gasteiger charge is 2.20. The number of hydrogen-bond donors (Lipinski definition) is 1. The molecule has 1 aliphatic rings. The second-order valence-electron chi connectivity index (χ2n) is 5.13. The van der Waals surface area contributed by atoms with E-state index in [1.807, 2.05) is 19.2 Å². The van der Waals surface area contributed by atoms with Crippen LogP contribution in [0.3, 0.4) is 0 Å². The van der Waals surface area contributed by atoms with E-state index in [2.05, 4.69) is 18.3 Å². The molecule has 0 spiro atoms. The van der Waals surface area contributed by atoms with Crippen molar-refractivity contribution in [1.29, 1.82) is 0 Å². The van der Waals surface area contributed by atoms with Gasteiger partial charge in [-0.2, -0.15) is 0 Å². The number of nitrogens with one attached hydrogen (secondary N) is 1. The summed E-state index contributed by atoms with van der Waals surface area (Å²) in [5, 5.41) is 4.26. The molecule has 1 unspecified atom stereocenters. The molecule has 1 saturated heterocycles. The van der Waals surface area contributed by atoms with Crippen LogP contribution in [0.15, 0.2) is 18.2 Å². The van der Waals surface area contributed by atoms with Crippen molar-refractivity contribution in [3.63, 3.8) is 0 Å². The van der Waals surface area contributed by atoms with E-state index < -0.39 is 0 Å². The lowest BCUT2D eigenvalue weighted by atomic mass is 9.88. The van der Waals surface area contributed by atoms with E-state index in [1.165, 1.54) is 30.4 Å². The van der Waals surface area contributed by atoms with Crippen molar-refractivity contribution in [3.8, 4) is 0 Å².